The molecule has 0 bridgehead atoms. The summed E-state index contributed by atoms with van der Waals surface area (Å²) in [5.41, 5.74) is 3.98. The topological polar surface area (TPSA) is 69.9 Å². The second kappa shape index (κ2) is 8.52. The highest BCUT2D eigenvalue weighted by Gasteiger charge is 2.65. The van der Waals surface area contributed by atoms with Crippen LogP contribution in [-0.4, -0.2) is 22.0 Å². The van der Waals surface area contributed by atoms with Crippen molar-refractivity contribution in [3.05, 3.63) is 23.3 Å². The Labute approximate surface area is 207 Å². The van der Waals surface area contributed by atoms with E-state index in [0.717, 1.165) is 37.8 Å². The van der Waals surface area contributed by atoms with E-state index in [9.17, 15) is 10.0 Å². The minimum atomic E-state index is -0.800. The van der Waals surface area contributed by atoms with Crippen LogP contribution in [-0.2, 0) is 4.79 Å². The Hall–Kier alpha value is -1.58. The van der Waals surface area contributed by atoms with Gasteiger partial charge in [0.2, 0.25) is 0 Å². The molecule has 0 aromatic heterocycles. The summed E-state index contributed by atoms with van der Waals surface area (Å²) >= 11 is 0. The quantitative estimate of drug-likeness (QED) is 0.186. The third-order valence-corrected chi connectivity index (χ3v) is 11.9. The molecule has 4 rings (SSSR count). The van der Waals surface area contributed by atoms with Crippen LogP contribution in [0.5, 0.6) is 0 Å². The lowest BCUT2D eigenvalue weighted by atomic mass is 9.41. The Morgan fingerprint density at radius 3 is 2.53 bits per heavy atom. The summed E-state index contributed by atoms with van der Waals surface area (Å²) in [6.45, 7) is 16.4. The van der Waals surface area contributed by atoms with Gasteiger partial charge in [0.05, 0.1) is 5.71 Å². The van der Waals surface area contributed by atoms with E-state index in [4.69, 9.17) is 5.11 Å². The van der Waals surface area contributed by atoms with Crippen molar-refractivity contribution >= 4 is 11.7 Å². The molecule has 0 unspecified atom stereocenters. The largest absolute Gasteiger partial charge is 0.478 e. The average molecular weight is 470 g/mol. The lowest BCUT2D eigenvalue weighted by Gasteiger charge is -2.63. The first-order valence-electron chi connectivity index (χ1n) is 13.6. The molecule has 0 aromatic carbocycles. The second-order valence-corrected chi connectivity index (χ2v) is 13.5. The summed E-state index contributed by atoms with van der Waals surface area (Å²) in [7, 11) is 0. The van der Waals surface area contributed by atoms with E-state index in [1.54, 1.807) is 12.5 Å². The molecular formula is C30H47NO3. The molecule has 0 saturated heterocycles. The van der Waals surface area contributed by atoms with Crippen molar-refractivity contribution in [2.75, 3.05) is 0 Å². The molecule has 0 aromatic rings. The van der Waals surface area contributed by atoms with Crippen molar-refractivity contribution in [3.8, 4) is 0 Å². The van der Waals surface area contributed by atoms with Gasteiger partial charge in [-0.25, -0.2) is 4.79 Å². The lowest BCUT2D eigenvalue weighted by molar-refractivity contribution is -0.132. The van der Waals surface area contributed by atoms with Gasteiger partial charge in [0.15, 0.2) is 0 Å². The first-order chi connectivity index (χ1) is 15.8. The number of carboxylic acids is 1. The molecule has 2 N–H and O–H groups in total. The van der Waals surface area contributed by atoms with Gasteiger partial charge in [-0.1, -0.05) is 64.4 Å². The zero-order chi connectivity index (χ0) is 25.1. The predicted molar refractivity (Wildman–Crippen MR) is 138 cm³/mol. The molecular weight excluding hydrogens is 422 g/mol. The molecule has 190 valence electrons. The van der Waals surface area contributed by atoms with E-state index in [1.165, 1.54) is 25.7 Å². The second-order valence-electron chi connectivity index (χ2n) is 13.5. The Morgan fingerprint density at radius 1 is 1.18 bits per heavy atom. The van der Waals surface area contributed by atoms with Crippen LogP contribution in [0.2, 0.25) is 0 Å². The number of allylic oxidation sites excluding steroid dienone is 3. The van der Waals surface area contributed by atoms with Crippen LogP contribution in [0.3, 0.4) is 0 Å². The fourth-order valence-corrected chi connectivity index (χ4v) is 9.51. The monoisotopic (exact) mass is 469 g/mol. The van der Waals surface area contributed by atoms with Gasteiger partial charge in [-0.05, 0) is 105 Å². The maximum absolute atomic E-state index is 11.2. The number of carbonyl (C=O) groups is 1. The molecule has 0 aliphatic heterocycles. The van der Waals surface area contributed by atoms with E-state index >= 15 is 0 Å². The number of aliphatic carboxylic acids is 1. The lowest BCUT2D eigenvalue weighted by Crippen LogP contribution is -2.57. The first-order valence-corrected chi connectivity index (χ1v) is 13.6. The highest BCUT2D eigenvalue weighted by molar-refractivity contribution is 5.90. The predicted octanol–water partition coefficient (Wildman–Crippen LogP) is 7.87. The third-order valence-electron chi connectivity index (χ3n) is 11.9. The molecule has 0 spiro atoms. The Bertz CT molecular complexity index is 929. The normalized spacial score (nSPS) is 43.5. The van der Waals surface area contributed by atoms with Crippen molar-refractivity contribution < 1.29 is 15.1 Å². The smallest absolute Gasteiger partial charge is 0.330 e. The average Bonchev–Trinajstić information content (AvgIpc) is 3.04. The summed E-state index contributed by atoms with van der Waals surface area (Å²) < 4.78 is 0. The fraction of sp³-hybridized carbons (Fsp3) is 0.800. The number of carboxylic acid groups (broad SMARTS) is 1. The summed E-state index contributed by atoms with van der Waals surface area (Å²) in [4.78, 5) is 11.2. The Balaban J connectivity index is 1.59. The number of oxime groups is 1. The van der Waals surface area contributed by atoms with Crippen LogP contribution in [0.1, 0.15) is 106 Å². The summed E-state index contributed by atoms with van der Waals surface area (Å²) in [5, 5.41) is 22.6. The van der Waals surface area contributed by atoms with Crippen molar-refractivity contribution in [2.24, 2.45) is 50.5 Å². The van der Waals surface area contributed by atoms with Crippen molar-refractivity contribution in [3.63, 3.8) is 0 Å². The minimum absolute atomic E-state index is 0.0558. The van der Waals surface area contributed by atoms with Crippen molar-refractivity contribution in [2.45, 2.75) is 106 Å². The molecule has 34 heavy (non-hydrogen) atoms. The number of nitrogens with zero attached hydrogens (tertiary/aromatic N) is 1. The van der Waals surface area contributed by atoms with E-state index in [0.29, 0.717) is 34.7 Å². The van der Waals surface area contributed by atoms with Crippen LogP contribution in [0.25, 0.3) is 0 Å². The van der Waals surface area contributed by atoms with Gasteiger partial charge in [0, 0.05) is 11.0 Å². The van der Waals surface area contributed by atoms with E-state index in [-0.39, 0.29) is 16.2 Å². The highest BCUT2D eigenvalue weighted by Crippen LogP contribution is 2.73. The van der Waals surface area contributed by atoms with Gasteiger partial charge < -0.3 is 10.3 Å². The van der Waals surface area contributed by atoms with Gasteiger partial charge in [0.1, 0.15) is 0 Å². The van der Waals surface area contributed by atoms with E-state index in [2.05, 4.69) is 52.8 Å². The molecule has 3 fully saturated rings. The van der Waals surface area contributed by atoms with Gasteiger partial charge >= 0.3 is 5.97 Å². The zero-order valence-corrected chi connectivity index (χ0v) is 22.6. The number of hydrogen-bond donors (Lipinski definition) is 2. The van der Waals surface area contributed by atoms with Crippen LogP contribution in [0.15, 0.2) is 28.5 Å². The molecule has 4 aliphatic rings. The Morgan fingerprint density at radius 2 is 1.88 bits per heavy atom. The van der Waals surface area contributed by atoms with Crippen molar-refractivity contribution in [1.29, 1.82) is 0 Å². The van der Waals surface area contributed by atoms with Crippen LogP contribution in [0.4, 0.5) is 0 Å². The minimum Gasteiger partial charge on any atom is -0.478 e. The standard InChI is InChI=1S/C30H47NO3/c1-19(9-8-10-20(2)26(32)33)21-13-17-30(7)23-11-12-24-27(3,4)25(31-34)15-16-28(24,5)22(23)14-18-29(21,30)6/h10-11,19,21-22,24,34H,8-9,12-18H2,1-7H3,(H,32,33)/b20-10-,31-25-/t19-,21+,22-,24+,28+,29-,30+/m0/s1. The van der Waals surface area contributed by atoms with E-state index in [1.807, 2.05) is 6.08 Å². The molecule has 0 radical (unpaired) electrons. The van der Waals surface area contributed by atoms with Gasteiger partial charge in [-0.2, -0.15) is 0 Å². The highest BCUT2D eigenvalue weighted by atomic mass is 16.4. The molecule has 0 heterocycles. The van der Waals surface area contributed by atoms with Crippen LogP contribution >= 0.6 is 0 Å². The van der Waals surface area contributed by atoms with Gasteiger partial charge in [-0.3, -0.25) is 0 Å². The van der Waals surface area contributed by atoms with Gasteiger partial charge in [0.25, 0.3) is 0 Å². The maximum Gasteiger partial charge on any atom is 0.330 e. The number of rotatable bonds is 5. The molecule has 4 nitrogen and oxygen atoms in total. The molecule has 4 aliphatic carbocycles. The van der Waals surface area contributed by atoms with Crippen LogP contribution in [0, 0.1) is 45.3 Å². The van der Waals surface area contributed by atoms with Crippen molar-refractivity contribution in [1.82, 2.24) is 0 Å². The Kier molecular flexibility index (Phi) is 6.39. The number of fused-ring (bicyclic) bond motifs is 5. The molecule has 7 atom stereocenters. The number of hydrogen-bond acceptors (Lipinski definition) is 3. The third kappa shape index (κ3) is 3.53. The first kappa shape index (κ1) is 25.5. The fourth-order valence-electron chi connectivity index (χ4n) is 9.51. The van der Waals surface area contributed by atoms with Crippen LogP contribution < -0.4 is 0 Å². The summed E-state index contributed by atoms with van der Waals surface area (Å²) in [5.74, 6) is 1.66. The van der Waals surface area contributed by atoms with E-state index < -0.39 is 5.97 Å². The maximum atomic E-state index is 11.2. The summed E-state index contributed by atoms with van der Waals surface area (Å²) in [6, 6.07) is 0. The zero-order valence-electron chi connectivity index (χ0n) is 22.6. The SMILES string of the molecule is C/C(=C/CC[C@H](C)[C@H]1CC[C@]2(C)C3=CC[C@@H]4C(C)(C)/C(=N\O)CC[C@]4(C)[C@H]3CC[C@@]12C)C(=O)O. The molecule has 3 saturated carbocycles. The molecule has 4 heteroatoms. The van der Waals surface area contributed by atoms with Gasteiger partial charge in [-0.15, -0.1) is 0 Å². The summed E-state index contributed by atoms with van der Waals surface area (Å²) in [6.07, 6.45) is 14.7. The molecule has 0 amide bonds.